The maximum atomic E-state index is 6.49. The van der Waals surface area contributed by atoms with Crippen molar-refractivity contribution in [1.29, 1.82) is 0 Å². The second-order valence-electron chi connectivity index (χ2n) is 7.40. The van der Waals surface area contributed by atoms with E-state index in [0.29, 0.717) is 6.61 Å². The molecule has 3 rings (SSSR count). The monoisotopic (exact) mass is 378 g/mol. The third-order valence-corrected chi connectivity index (χ3v) is 5.64. The van der Waals surface area contributed by atoms with Gasteiger partial charge in [0, 0.05) is 18.2 Å². The molecule has 0 N–H and O–H groups in total. The minimum absolute atomic E-state index is 0.251. The summed E-state index contributed by atoms with van der Waals surface area (Å²) >= 11 is 0. The summed E-state index contributed by atoms with van der Waals surface area (Å²) in [5.74, 6) is 0. The quantitative estimate of drug-likeness (QED) is 0.581. The molecule has 1 aromatic rings. The molecule has 2 heterocycles. The van der Waals surface area contributed by atoms with E-state index in [9.17, 15) is 0 Å². The van der Waals surface area contributed by atoms with Gasteiger partial charge in [-0.1, -0.05) is 76.8 Å². The molecule has 150 valence electrons. The maximum Gasteiger partial charge on any atom is 0.186 e. The highest BCUT2D eigenvalue weighted by molar-refractivity contribution is 5.84. The van der Waals surface area contributed by atoms with E-state index in [4.69, 9.17) is 9.73 Å². The van der Waals surface area contributed by atoms with Gasteiger partial charge in [0.25, 0.3) is 0 Å². The number of ether oxygens (including phenoxy) is 1. The van der Waals surface area contributed by atoms with Crippen molar-refractivity contribution in [3.05, 3.63) is 77.6 Å². The van der Waals surface area contributed by atoms with Gasteiger partial charge in [0.15, 0.2) is 5.72 Å². The first-order valence-corrected chi connectivity index (χ1v) is 10.1. The SMILES string of the molecule is C=C1N=CC2(OC\C=C/C(/C=C\C)=C\1C)N(C)c1ccccc1C2(C)C.CC. The summed E-state index contributed by atoms with van der Waals surface area (Å²) in [5, 5.41) is 0. The van der Waals surface area contributed by atoms with E-state index in [1.54, 1.807) is 0 Å². The van der Waals surface area contributed by atoms with Crippen molar-refractivity contribution in [2.45, 2.75) is 52.7 Å². The lowest BCUT2D eigenvalue weighted by Gasteiger charge is -2.43. The van der Waals surface area contributed by atoms with Crippen LogP contribution in [0.2, 0.25) is 0 Å². The van der Waals surface area contributed by atoms with Gasteiger partial charge in [-0.3, -0.25) is 4.99 Å². The molecule has 3 nitrogen and oxygen atoms in total. The van der Waals surface area contributed by atoms with Gasteiger partial charge in [-0.25, -0.2) is 0 Å². The van der Waals surface area contributed by atoms with Crippen molar-refractivity contribution >= 4 is 11.9 Å². The van der Waals surface area contributed by atoms with Gasteiger partial charge in [-0.2, -0.15) is 0 Å². The Labute approximate surface area is 170 Å². The zero-order chi connectivity index (χ0) is 20.9. The van der Waals surface area contributed by atoms with E-state index >= 15 is 0 Å². The number of allylic oxidation sites excluding steroid dienone is 5. The minimum atomic E-state index is -0.664. The molecule has 0 aromatic heterocycles. The molecule has 2 aliphatic heterocycles. The van der Waals surface area contributed by atoms with Gasteiger partial charge in [0.05, 0.1) is 18.5 Å². The largest absolute Gasteiger partial charge is 0.345 e. The fourth-order valence-electron chi connectivity index (χ4n) is 3.91. The number of hydrogen-bond acceptors (Lipinski definition) is 3. The highest BCUT2D eigenvalue weighted by Crippen LogP contribution is 2.50. The van der Waals surface area contributed by atoms with Crippen LogP contribution in [0, 0.1) is 0 Å². The molecule has 0 saturated heterocycles. The summed E-state index contributed by atoms with van der Waals surface area (Å²) in [6, 6.07) is 8.47. The van der Waals surface area contributed by atoms with Crippen LogP contribution >= 0.6 is 0 Å². The molecule has 0 aliphatic carbocycles. The lowest BCUT2D eigenvalue weighted by atomic mass is 9.78. The molecule has 2 aliphatic rings. The molecule has 3 heteroatoms. The molecule has 1 unspecified atom stereocenters. The molecule has 0 bridgehead atoms. The number of anilines is 1. The summed E-state index contributed by atoms with van der Waals surface area (Å²) in [7, 11) is 2.08. The van der Waals surface area contributed by atoms with Crippen LogP contribution in [0.5, 0.6) is 0 Å². The first kappa shape index (κ1) is 21.9. The summed E-state index contributed by atoms with van der Waals surface area (Å²) in [4.78, 5) is 6.95. The first-order valence-electron chi connectivity index (χ1n) is 10.1. The normalized spacial score (nSPS) is 27.5. The van der Waals surface area contributed by atoms with E-state index in [1.807, 2.05) is 33.1 Å². The Balaban J connectivity index is 0.00000136. The third-order valence-electron chi connectivity index (χ3n) is 5.64. The molecule has 1 spiro atoms. The average Bonchev–Trinajstić information content (AvgIpc) is 2.87. The Hall–Kier alpha value is -2.39. The van der Waals surface area contributed by atoms with Gasteiger partial charge >= 0.3 is 0 Å². The van der Waals surface area contributed by atoms with Crippen LogP contribution in [0.25, 0.3) is 0 Å². The second kappa shape index (κ2) is 8.74. The van der Waals surface area contributed by atoms with Gasteiger partial charge in [0.2, 0.25) is 0 Å². The molecule has 0 saturated carbocycles. The smallest absolute Gasteiger partial charge is 0.186 e. The number of hydrogen-bond donors (Lipinski definition) is 0. The van der Waals surface area contributed by atoms with Crippen molar-refractivity contribution < 1.29 is 4.74 Å². The van der Waals surface area contributed by atoms with Crippen LogP contribution in [0.15, 0.2) is 77.0 Å². The number of fused-ring (bicyclic) bond motifs is 1. The summed E-state index contributed by atoms with van der Waals surface area (Å²) < 4.78 is 6.49. The highest BCUT2D eigenvalue weighted by atomic mass is 16.5. The number of likely N-dealkylation sites (N-methyl/N-ethyl adjacent to an activating group) is 1. The van der Waals surface area contributed by atoms with Crippen LogP contribution < -0.4 is 4.90 Å². The van der Waals surface area contributed by atoms with E-state index in [0.717, 1.165) is 16.8 Å². The number of rotatable bonds is 1. The van der Waals surface area contributed by atoms with Crippen molar-refractivity contribution in [3.8, 4) is 0 Å². The molecule has 0 fully saturated rings. The second-order valence-corrected chi connectivity index (χ2v) is 7.40. The van der Waals surface area contributed by atoms with Crippen molar-refractivity contribution in [1.82, 2.24) is 0 Å². The maximum absolute atomic E-state index is 6.49. The fraction of sp³-hybridized carbons (Fsp3) is 0.400. The Morgan fingerprint density at radius 2 is 1.89 bits per heavy atom. The zero-order valence-corrected chi connectivity index (χ0v) is 18.4. The molecule has 1 atom stereocenters. The summed E-state index contributed by atoms with van der Waals surface area (Å²) in [6.07, 6.45) is 10.2. The highest BCUT2D eigenvalue weighted by Gasteiger charge is 2.56. The van der Waals surface area contributed by atoms with Crippen molar-refractivity contribution in [2.75, 3.05) is 18.6 Å². The van der Waals surface area contributed by atoms with Gasteiger partial charge in [-0.15, -0.1) is 0 Å². The Morgan fingerprint density at radius 3 is 2.54 bits per heavy atom. The van der Waals surface area contributed by atoms with Crippen LogP contribution in [-0.4, -0.2) is 25.6 Å². The Kier molecular flexibility index (Phi) is 6.84. The minimum Gasteiger partial charge on any atom is -0.345 e. The lowest BCUT2D eigenvalue weighted by Crippen LogP contribution is -2.58. The number of nitrogens with zero attached hydrogens (tertiary/aromatic N) is 2. The predicted molar refractivity (Wildman–Crippen MR) is 122 cm³/mol. The number of para-hydroxylation sites is 1. The number of benzene rings is 1. The summed E-state index contributed by atoms with van der Waals surface area (Å²) in [6.45, 7) is 17.2. The predicted octanol–water partition coefficient (Wildman–Crippen LogP) is 6.20. The number of aliphatic imine (C=N–C) groups is 1. The van der Waals surface area contributed by atoms with Crippen LogP contribution in [-0.2, 0) is 10.2 Å². The zero-order valence-electron chi connectivity index (χ0n) is 18.4. The Morgan fingerprint density at radius 1 is 1.21 bits per heavy atom. The van der Waals surface area contributed by atoms with Crippen molar-refractivity contribution in [3.63, 3.8) is 0 Å². The molecular formula is C25H34N2O. The van der Waals surface area contributed by atoms with Crippen LogP contribution in [0.1, 0.15) is 47.1 Å². The van der Waals surface area contributed by atoms with Crippen molar-refractivity contribution in [2.24, 2.45) is 4.99 Å². The Bertz CT molecular complexity index is 842. The van der Waals surface area contributed by atoms with Gasteiger partial charge in [0.1, 0.15) is 0 Å². The van der Waals surface area contributed by atoms with Gasteiger partial charge in [-0.05, 0) is 36.6 Å². The fourth-order valence-corrected chi connectivity index (χ4v) is 3.91. The standard InChI is InChI=1S/C23H28N2O.C2H6/c1-7-11-19-12-10-15-26-23(16-24-18(3)17(19)2)22(4,5)20-13-8-9-14-21(20)25(23)6;1-2/h7-14,16H,3,15H2,1-2,4-6H3;1-2H3/b11-7-,12-10-,19-17-,24-16?;. The molecule has 28 heavy (non-hydrogen) atoms. The van der Waals surface area contributed by atoms with E-state index in [2.05, 4.69) is 81.8 Å². The third kappa shape index (κ3) is 3.51. The molecule has 1 aromatic carbocycles. The molecule has 0 amide bonds. The molecular weight excluding hydrogens is 344 g/mol. The first-order chi connectivity index (χ1) is 13.3. The van der Waals surface area contributed by atoms with E-state index in [-0.39, 0.29) is 5.41 Å². The topological polar surface area (TPSA) is 24.8 Å². The average molecular weight is 379 g/mol. The summed E-state index contributed by atoms with van der Waals surface area (Å²) in [5.41, 5.74) is 4.47. The van der Waals surface area contributed by atoms with Gasteiger partial charge < -0.3 is 9.64 Å². The lowest BCUT2D eigenvalue weighted by molar-refractivity contribution is -0.0122. The van der Waals surface area contributed by atoms with Crippen LogP contribution in [0.3, 0.4) is 0 Å². The van der Waals surface area contributed by atoms with E-state index in [1.165, 1.54) is 11.3 Å². The van der Waals surface area contributed by atoms with E-state index < -0.39 is 5.72 Å². The molecule has 0 radical (unpaired) electrons. The van der Waals surface area contributed by atoms with Crippen LogP contribution in [0.4, 0.5) is 5.69 Å².